The van der Waals surface area contributed by atoms with Gasteiger partial charge in [-0.15, -0.1) is 0 Å². The number of nitrogens with zero attached hydrogens (tertiary/aromatic N) is 1. The minimum atomic E-state index is -0.481. The second kappa shape index (κ2) is 7.79. The summed E-state index contributed by atoms with van der Waals surface area (Å²) in [5, 5.41) is 3.28. The molecule has 0 saturated carbocycles. The maximum absolute atomic E-state index is 12.4. The highest BCUT2D eigenvalue weighted by atomic mass is 16.5. The molecule has 1 aromatic carbocycles. The van der Waals surface area contributed by atoms with Gasteiger partial charge in [0.2, 0.25) is 5.91 Å². The lowest BCUT2D eigenvalue weighted by molar-refractivity contribution is -0.135. The van der Waals surface area contributed by atoms with Crippen molar-refractivity contribution in [2.24, 2.45) is 5.73 Å². The molecule has 6 heteroatoms. The van der Waals surface area contributed by atoms with Crippen LogP contribution in [0.25, 0.3) is 0 Å². The zero-order valence-electron chi connectivity index (χ0n) is 12.9. The first-order valence-corrected chi connectivity index (χ1v) is 7.64. The summed E-state index contributed by atoms with van der Waals surface area (Å²) in [6, 6.07) is 6.73. The summed E-state index contributed by atoms with van der Waals surface area (Å²) in [6.45, 7) is 4.61. The van der Waals surface area contributed by atoms with Crippen LogP contribution in [0.3, 0.4) is 0 Å². The highest BCUT2D eigenvalue weighted by Crippen LogP contribution is 2.14. The van der Waals surface area contributed by atoms with E-state index in [2.05, 4.69) is 12.2 Å². The molecular weight excluding hydrogens is 282 g/mol. The third-order valence-corrected chi connectivity index (χ3v) is 3.76. The van der Waals surface area contributed by atoms with Crippen molar-refractivity contribution in [3.63, 3.8) is 0 Å². The number of rotatable bonds is 7. The number of amides is 2. The maximum Gasteiger partial charge on any atom is 0.260 e. The Kier molecular flexibility index (Phi) is 5.77. The van der Waals surface area contributed by atoms with Crippen LogP contribution in [0.2, 0.25) is 0 Å². The van der Waals surface area contributed by atoms with Crippen molar-refractivity contribution in [3.8, 4) is 5.75 Å². The SMILES string of the molecule is CCCN(C(=O)COc1ccc(C(N)=O)cc1)C1CCNC1. The van der Waals surface area contributed by atoms with Gasteiger partial charge in [0.15, 0.2) is 6.61 Å². The Bertz CT molecular complexity index is 510. The number of carbonyl (C=O) groups excluding carboxylic acids is 2. The van der Waals surface area contributed by atoms with Crippen LogP contribution in [0.1, 0.15) is 30.1 Å². The van der Waals surface area contributed by atoms with Crippen LogP contribution in [0, 0.1) is 0 Å². The number of hydrogen-bond donors (Lipinski definition) is 2. The van der Waals surface area contributed by atoms with Crippen molar-refractivity contribution >= 4 is 11.8 Å². The fraction of sp³-hybridized carbons (Fsp3) is 0.500. The van der Waals surface area contributed by atoms with Gasteiger partial charge in [-0.05, 0) is 43.7 Å². The smallest absolute Gasteiger partial charge is 0.260 e. The molecule has 1 unspecified atom stereocenters. The number of ether oxygens (including phenoxy) is 1. The fourth-order valence-electron chi connectivity index (χ4n) is 2.60. The molecule has 0 aliphatic carbocycles. The Morgan fingerprint density at radius 1 is 1.36 bits per heavy atom. The van der Waals surface area contributed by atoms with Gasteiger partial charge >= 0.3 is 0 Å². The van der Waals surface area contributed by atoms with Crippen molar-refractivity contribution in [1.29, 1.82) is 0 Å². The van der Waals surface area contributed by atoms with Crippen LogP contribution in [0.15, 0.2) is 24.3 Å². The molecule has 3 N–H and O–H groups in total. The molecule has 1 aliphatic heterocycles. The van der Waals surface area contributed by atoms with Crippen LogP contribution in [-0.2, 0) is 4.79 Å². The second-order valence-corrected chi connectivity index (χ2v) is 5.41. The normalized spacial score (nSPS) is 17.2. The predicted molar refractivity (Wildman–Crippen MR) is 83.7 cm³/mol. The summed E-state index contributed by atoms with van der Waals surface area (Å²) in [7, 11) is 0. The molecule has 0 radical (unpaired) electrons. The van der Waals surface area contributed by atoms with Crippen LogP contribution >= 0.6 is 0 Å². The second-order valence-electron chi connectivity index (χ2n) is 5.41. The molecule has 0 aromatic heterocycles. The van der Waals surface area contributed by atoms with Crippen LogP contribution in [0.5, 0.6) is 5.75 Å². The average molecular weight is 305 g/mol. The topological polar surface area (TPSA) is 84.7 Å². The largest absolute Gasteiger partial charge is 0.484 e. The monoisotopic (exact) mass is 305 g/mol. The first-order valence-electron chi connectivity index (χ1n) is 7.64. The van der Waals surface area contributed by atoms with Crippen LogP contribution in [-0.4, -0.2) is 49.0 Å². The van der Waals surface area contributed by atoms with E-state index < -0.39 is 5.91 Å². The summed E-state index contributed by atoms with van der Waals surface area (Å²) in [5.41, 5.74) is 5.60. The van der Waals surface area contributed by atoms with Gasteiger partial charge in [-0.3, -0.25) is 9.59 Å². The molecular formula is C16H23N3O3. The van der Waals surface area contributed by atoms with Gasteiger partial charge in [0, 0.05) is 24.7 Å². The summed E-state index contributed by atoms with van der Waals surface area (Å²) in [6.07, 6.45) is 1.91. The first-order chi connectivity index (χ1) is 10.6. The number of hydrogen-bond acceptors (Lipinski definition) is 4. The van der Waals surface area contributed by atoms with Gasteiger partial charge in [0.05, 0.1) is 0 Å². The Balaban J connectivity index is 1.90. The molecule has 1 heterocycles. The molecule has 2 amide bonds. The molecule has 2 rings (SSSR count). The molecule has 1 aliphatic rings. The Morgan fingerprint density at radius 2 is 2.09 bits per heavy atom. The molecule has 120 valence electrons. The van der Waals surface area contributed by atoms with Crippen molar-refractivity contribution in [3.05, 3.63) is 29.8 Å². The van der Waals surface area contributed by atoms with E-state index in [0.717, 1.165) is 32.5 Å². The molecule has 22 heavy (non-hydrogen) atoms. The number of benzene rings is 1. The van der Waals surface area contributed by atoms with Crippen molar-refractivity contribution in [1.82, 2.24) is 10.2 Å². The van der Waals surface area contributed by atoms with E-state index >= 15 is 0 Å². The molecule has 1 aromatic rings. The quantitative estimate of drug-likeness (QED) is 0.779. The van der Waals surface area contributed by atoms with E-state index in [0.29, 0.717) is 11.3 Å². The fourth-order valence-corrected chi connectivity index (χ4v) is 2.60. The third-order valence-electron chi connectivity index (χ3n) is 3.76. The Morgan fingerprint density at radius 3 is 2.64 bits per heavy atom. The zero-order chi connectivity index (χ0) is 15.9. The molecule has 1 saturated heterocycles. The lowest BCUT2D eigenvalue weighted by Gasteiger charge is -2.28. The average Bonchev–Trinajstić information content (AvgIpc) is 3.04. The molecule has 0 spiro atoms. The highest BCUT2D eigenvalue weighted by Gasteiger charge is 2.25. The van der Waals surface area contributed by atoms with Crippen molar-refractivity contribution in [2.75, 3.05) is 26.2 Å². The van der Waals surface area contributed by atoms with Gasteiger partial charge in [-0.2, -0.15) is 0 Å². The van der Waals surface area contributed by atoms with Gasteiger partial charge in [-0.25, -0.2) is 0 Å². The predicted octanol–water partition coefficient (Wildman–Crippen LogP) is 0.765. The third kappa shape index (κ3) is 4.21. The van der Waals surface area contributed by atoms with Crippen LogP contribution < -0.4 is 15.8 Å². The zero-order valence-corrected chi connectivity index (χ0v) is 12.9. The molecule has 1 atom stereocenters. The van der Waals surface area contributed by atoms with Crippen molar-refractivity contribution in [2.45, 2.75) is 25.8 Å². The Labute approximate surface area is 130 Å². The lowest BCUT2D eigenvalue weighted by atomic mass is 10.2. The van der Waals surface area contributed by atoms with E-state index in [1.165, 1.54) is 0 Å². The number of primary amides is 1. The van der Waals surface area contributed by atoms with Gasteiger partial charge in [-0.1, -0.05) is 6.92 Å². The van der Waals surface area contributed by atoms with Gasteiger partial charge < -0.3 is 20.7 Å². The standard InChI is InChI=1S/C16H23N3O3/c1-2-9-19(13-7-8-18-10-13)15(20)11-22-14-5-3-12(4-6-14)16(17)21/h3-6,13,18H,2,7-11H2,1H3,(H2,17,21). The van der Waals surface area contributed by atoms with E-state index in [1.807, 2.05) is 4.90 Å². The summed E-state index contributed by atoms with van der Waals surface area (Å²) < 4.78 is 5.53. The van der Waals surface area contributed by atoms with E-state index in [1.54, 1.807) is 24.3 Å². The molecule has 1 fully saturated rings. The lowest BCUT2D eigenvalue weighted by Crippen LogP contribution is -2.44. The summed E-state index contributed by atoms with van der Waals surface area (Å²) in [5.74, 6) is 0.0688. The highest BCUT2D eigenvalue weighted by molar-refractivity contribution is 5.92. The van der Waals surface area contributed by atoms with E-state index in [9.17, 15) is 9.59 Å². The summed E-state index contributed by atoms with van der Waals surface area (Å²) >= 11 is 0. The van der Waals surface area contributed by atoms with Gasteiger partial charge in [0.1, 0.15) is 5.75 Å². The number of nitrogens with one attached hydrogen (secondary N) is 1. The van der Waals surface area contributed by atoms with Crippen LogP contribution in [0.4, 0.5) is 0 Å². The molecule has 6 nitrogen and oxygen atoms in total. The molecule has 0 bridgehead atoms. The maximum atomic E-state index is 12.4. The number of nitrogens with two attached hydrogens (primary N) is 1. The van der Waals surface area contributed by atoms with Crippen molar-refractivity contribution < 1.29 is 14.3 Å². The number of carbonyl (C=O) groups is 2. The minimum absolute atomic E-state index is 0.00507. The van der Waals surface area contributed by atoms with E-state index in [4.69, 9.17) is 10.5 Å². The van der Waals surface area contributed by atoms with E-state index in [-0.39, 0.29) is 18.6 Å². The first kappa shape index (κ1) is 16.3. The van der Waals surface area contributed by atoms with Gasteiger partial charge in [0.25, 0.3) is 5.91 Å². The Hall–Kier alpha value is -2.08. The minimum Gasteiger partial charge on any atom is -0.484 e. The summed E-state index contributed by atoms with van der Waals surface area (Å²) in [4.78, 5) is 25.3.